The SMILES string of the molecule is CCc1ccc(N2CCC(CCC3CCN(C(C)C)CC3)CC2)nc1. The molecule has 0 radical (unpaired) electrons. The van der Waals surface area contributed by atoms with Crippen molar-refractivity contribution in [3.8, 4) is 0 Å². The van der Waals surface area contributed by atoms with Gasteiger partial charge in [0.25, 0.3) is 0 Å². The Kier molecular flexibility index (Phi) is 6.75. The summed E-state index contributed by atoms with van der Waals surface area (Å²) < 4.78 is 0. The van der Waals surface area contributed by atoms with Crippen molar-refractivity contribution in [1.82, 2.24) is 9.88 Å². The van der Waals surface area contributed by atoms with Gasteiger partial charge >= 0.3 is 0 Å². The molecule has 0 atom stereocenters. The van der Waals surface area contributed by atoms with Crippen molar-refractivity contribution >= 4 is 5.82 Å². The molecule has 3 heteroatoms. The maximum atomic E-state index is 4.66. The van der Waals surface area contributed by atoms with Crippen molar-refractivity contribution in [1.29, 1.82) is 0 Å². The van der Waals surface area contributed by atoms with Crippen LogP contribution in [0.5, 0.6) is 0 Å². The highest BCUT2D eigenvalue weighted by atomic mass is 15.2. The Bertz CT molecular complexity index is 495. The summed E-state index contributed by atoms with van der Waals surface area (Å²) in [5.74, 6) is 3.10. The van der Waals surface area contributed by atoms with E-state index in [0.29, 0.717) is 0 Å². The second-order valence-electron chi connectivity index (χ2n) is 8.46. The van der Waals surface area contributed by atoms with Gasteiger partial charge < -0.3 is 9.80 Å². The van der Waals surface area contributed by atoms with E-state index in [0.717, 1.165) is 24.3 Å². The summed E-state index contributed by atoms with van der Waals surface area (Å²) in [5.41, 5.74) is 1.34. The zero-order valence-corrected chi connectivity index (χ0v) is 16.6. The van der Waals surface area contributed by atoms with Crippen molar-refractivity contribution in [2.75, 3.05) is 31.1 Å². The van der Waals surface area contributed by atoms with Crippen LogP contribution in [0.3, 0.4) is 0 Å². The molecule has 3 rings (SSSR count). The van der Waals surface area contributed by atoms with Gasteiger partial charge in [-0.3, -0.25) is 0 Å². The number of pyridine rings is 1. The summed E-state index contributed by atoms with van der Waals surface area (Å²) in [7, 11) is 0. The molecule has 3 heterocycles. The Morgan fingerprint density at radius 2 is 1.56 bits per heavy atom. The minimum Gasteiger partial charge on any atom is -0.357 e. The molecule has 1 aromatic rings. The molecule has 0 bridgehead atoms. The molecule has 2 saturated heterocycles. The van der Waals surface area contributed by atoms with E-state index in [1.54, 1.807) is 0 Å². The Morgan fingerprint density at radius 3 is 2.04 bits per heavy atom. The highest BCUT2D eigenvalue weighted by Gasteiger charge is 2.24. The second-order valence-corrected chi connectivity index (χ2v) is 8.46. The molecule has 2 aliphatic heterocycles. The van der Waals surface area contributed by atoms with Crippen LogP contribution in [-0.2, 0) is 6.42 Å². The molecule has 0 saturated carbocycles. The van der Waals surface area contributed by atoms with E-state index in [2.05, 4.69) is 47.7 Å². The van der Waals surface area contributed by atoms with Gasteiger partial charge in [-0.2, -0.15) is 0 Å². The Balaban J connectivity index is 1.36. The van der Waals surface area contributed by atoms with Gasteiger partial charge in [-0.25, -0.2) is 4.98 Å². The van der Waals surface area contributed by atoms with Gasteiger partial charge in [-0.05, 0) is 82.5 Å². The van der Waals surface area contributed by atoms with Crippen molar-refractivity contribution < 1.29 is 0 Å². The first kappa shape index (κ1) is 18.7. The maximum Gasteiger partial charge on any atom is 0.128 e. The topological polar surface area (TPSA) is 19.4 Å². The number of aryl methyl sites for hydroxylation is 1. The highest BCUT2D eigenvalue weighted by molar-refractivity contribution is 5.39. The van der Waals surface area contributed by atoms with Crippen molar-refractivity contribution in [2.45, 2.75) is 71.8 Å². The minimum absolute atomic E-state index is 0.727. The normalized spacial score (nSPS) is 21.2. The standard InChI is InChI=1S/C22H37N3/c1-4-19-7-8-22(23-17-19)25-15-11-21(12-16-25)6-5-20-9-13-24(14-10-20)18(2)3/h7-8,17-18,20-21H,4-6,9-16H2,1-3H3. The Hall–Kier alpha value is -1.09. The fourth-order valence-corrected chi connectivity index (χ4v) is 4.49. The first-order valence-electron chi connectivity index (χ1n) is 10.6. The molecule has 140 valence electrons. The molecule has 2 fully saturated rings. The first-order valence-corrected chi connectivity index (χ1v) is 10.6. The third-order valence-corrected chi connectivity index (χ3v) is 6.52. The van der Waals surface area contributed by atoms with Crippen LogP contribution >= 0.6 is 0 Å². The number of piperidine rings is 2. The molecule has 0 amide bonds. The molecule has 0 N–H and O–H groups in total. The smallest absolute Gasteiger partial charge is 0.128 e. The summed E-state index contributed by atoms with van der Waals surface area (Å²) in [4.78, 5) is 9.79. The summed E-state index contributed by atoms with van der Waals surface area (Å²) in [5, 5.41) is 0. The number of rotatable bonds is 6. The molecule has 0 spiro atoms. The maximum absolute atomic E-state index is 4.66. The molecule has 0 unspecified atom stereocenters. The Labute approximate surface area is 154 Å². The van der Waals surface area contributed by atoms with Gasteiger partial charge in [-0.1, -0.05) is 25.8 Å². The van der Waals surface area contributed by atoms with E-state index >= 15 is 0 Å². The van der Waals surface area contributed by atoms with E-state index in [-0.39, 0.29) is 0 Å². The van der Waals surface area contributed by atoms with E-state index in [1.165, 1.54) is 76.1 Å². The van der Waals surface area contributed by atoms with Crippen LogP contribution < -0.4 is 4.90 Å². The fraction of sp³-hybridized carbons (Fsp3) is 0.773. The lowest BCUT2D eigenvalue weighted by Crippen LogP contribution is -2.38. The van der Waals surface area contributed by atoms with Crippen molar-refractivity contribution in [3.63, 3.8) is 0 Å². The third-order valence-electron chi connectivity index (χ3n) is 6.52. The monoisotopic (exact) mass is 343 g/mol. The number of likely N-dealkylation sites (tertiary alicyclic amines) is 1. The molecule has 1 aromatic heterocycles. The predicted molar refractivity (Wildman–Crippen MR) is 107 cm³/mol. The fourth-order valence-electron chi connectivity index (χ4n) is 4.49. The van der Waals surface area contributed by atoms with Crippen LogP contribution in [0.2, 0.25) is 0 Å². The van der Waals surface area contributed by atoms with Crippen LogP contribution in [0.4, 0.5) is 5.82 Å². The average molecular weight is 344 g/mol. The molecule has 3 nitrogen and oxygen atoms in total. The highest BCUT2D eigenvalue weighted by Crippen LogP contribution is 2.30. The molecule has 2 aliphatic rings. The van der Waals surface area contributed by atoms with Gasteiger partial charge in [0.1, 0.15) is 5.82 Å². The number of hydrogen-bond donors (Lipinski definition) is 0. The summed E-state index contributed by atoms with van der Waals surface area (Å²) in [6, 6.07) is 5.17. The Morgan fingerprint density at radius 1 is 0.960 bits per heavy atom. The predicted octanol–water partition coefficient (Wildman–Crippen LogP) is 4.76. The minimum atomic E-state index is 0.727. The molecular formula is C22H37N3. The van der Waals surface area contributed by atoms with Crippen LogP contribution in [0.15, 0.2) is 18.3 Å². The van der Waals surface area contributed by atoms with E-state index in [9.17, 15) is 0 Å². The van der Waals surface area contributed by atoms with Crippen LogP contribution in [0.25, 0.3) is 0 Å². The lowest BCUT2D eigenvalue weighted by Gasteiger charge is -2.36. The molecule has 25 heavy (non-hydrogen) atoms. The zero-order chi connectivity index (χ0) is 17.6. The summed E-state index contributed by atoms with van der Waals surface area (Å²) in [6.45, 7) is 11.9. The quantitative estimate of drug-likeness (QED) is 0.742. The lowest BCUT2D eigenvalue weighted by molar-refractivity contribution is 0.141. The molecule has 0 aliphatic carbocycles. The van der Waals surface area contributed by atoms with Gasteiger partial charge in [0.2, 0.25) is 0 Å². The van der Waals surface area contributed by atoms with Gasteiger partial charge in [0.05, 0.1) is 0 Å². The van der Waals surface area contributed by atoms with Crippen molar-refractivity contribution in [2.24, 2.45) is 11.8 Å². The largest absolute Gasteiger partial charge is 0.357 e. The number of hydrogen-bond acceptors (Lipinski definition) is 3. The number of nitrogens with zero attached hydrogens (tertiary/aromatic N) is 3. The second kappa shape index (κ2) is 9.02. The number of aromatic nitrogens is 1. The van der Waals surface area contributed by atoms with Gasteiger partial charge in [-0.15, -0.1) is 0 Å². The third kappa shape index (κ3) is 5.20. The van der Waals surface area contributed by atoms with Crippen molar-refractivity contribution in [3.05, 3.63) is 23.9 Å². The van der Waals surface area contributed by atoms with Gasteiger partial charge in [0, 0.05) is 25.3 Å². The van der Waals surface area contributed by atoms with E-state index < -0.39 is 0 Å². The zero-order valence-electron chi connectivity index (χ0n) is 16.6. The molecule has 0 aromatic carbocycles. The summed E-state index contributed by atoms with van der Waals surface area (Å²) >= 11 is 0. The van der Waals surface area contributed by atoms with Crippen LogP contribution in [-0.4, -0.2) is 42.1 Å². The summed E-state index contributed by atoms with van der Waals surface area (Å²) in [6.07, 6.45) is 11.6. The van der Waals surface area contributed by atoms with Crippen LogP contribution in [0, 0.1) is 11.8 Å². The number of anilines is 1. The molecular weight excluding hydrogens is 306 g/mol. The van der Waals surface area contributed by atoms with Gasteiger partial charge in [0.15, 0.2) is 0 Å². The lowest BCUT2D eigenvalue weighted by atomic mass is 9.85. The first-order chi connectivity index (χ1) is 12.2. The average Bonchev–Trinajstić information content (AvgIpc) is 2.67. The van der Waals surface area contributed by atoms with E-state index in [1.807, 2.05) is 6.20 Å². The van der Waals surface area contributed by atoms with Crippen LogP contribution in [0.1, 0.15) is 64.9 Å². The van der Waals surface area contributed by atoms with E-state index in [4.69, 9.17) is 0 Å².